The van der Waals surface area contributed by atoms with E-state index in [-0.39, 0.29) is 42.0 Å². The van der Waals surface area contributed by atoms with Crippen molar-refractivity contribution in [1.29, 1.82) is 0 Å². The molecule has 0 fully saturated rings. The summed E-state index contributed by atoms with van der Waals surface area (Å²) in [6.07, 6.45) is 1.57. The molecule has 2 aliphatic rings. The van der Waals surface area contributed by atoms with Crippen LogP contribution in [0.2, 0.25) is 0 Å². The lowest BCUT2D eigenvalue weighted by atomic mass is 9.86. The number of thiol groups is 1. The van der Waals surface area contributed by atoms with Crippen molar-refractivity contribution in [3.8, 4) is 11.4 Å². The Kier molecular flexibility index (Phi) is 5.70. The molecule has 2 aliphatic heterocycles. The highest BCUT2D eigenvalue weighted by Gasteiger charge is 2.45. The summed E-state index contributed by atoms with van der Waals surface area (Å²) in [4.78, 5) is 42.6. The van der Waals surface area contributed by atoms with Gasteiger partial charge in [0.25, 0.3) is 11.5 Å². The van der Waals surface area contributed by atoms with Crippen LogP contribution in [0.4, 0.5) is 0 Å². The zero-order chi connectivity index (χ0) is 24.9. The van der Waals surface area contributed by atoms with Crippen LogP contribution in [0.3, 0.4) is 0 Å². The standard InChI is InChI=1S/C24H23N5O5S/c1-2-24(33)16-7-19-20-14(9-29(19)22(31)15(16)10-34-23(24)32)13(8-26-28-21(30)17(25)11-35)12-5-3-4-6-18(12)27-20/h3-8,17,33,35H,2,9-11,25H2,1H3,(H,28,30)/b26-8-/t17?,24-/m0/s1. The van der Waals surface area contributed by atoms with Gasteiger partial charge in [-0.3, -0.25) is 9.59 Å². The van der Waals surface area contributed by atoms with Gasteiger partial charge in [0.15, 0.2) is 5.60 Å². The van der Waals surface area contributed by atoms with E-state index in [1.807, 2.05) is 24.3 Å². The number of para-hydroxylation sites is 1. The quantitative estimate of drug-likeness (QED) is 0.139. The van der Waals surface area contributed by atoms with Crippen molar-refractivity contribution in [3.63, 3.8) is 0 Å². The number of nitrogens with one attached hydrogen (secondary N) is 1. The molecule has 11 heteroatoms. The minimum absolute atomic E-state index is 0.0613. The molecular formula is C24H23N5O5S. The molecular weight excluding hydrogens is 470 g/mol. The van der Waals surface area contributed by atoms with E-state index in [2.05, 4.69) is 23.2 Å². The van der Waals surface area contributed by atoms with E-state index in [1.165, 1.54) is 6.21 Å². The first kappa shape index (κ1) is 23.2. The van der Waals surface area contributed by atoms with Crippen molar-refractivity contribution in [2.45, 2.75) is 38.1 Å². The number of fused-ring (bicyclic) bond motifs is 5. The minimum Gasteiger partial charge on any atom is -0.458 e. The van der Waals surface area contributed by atoms with Crippen molar-refractivity contribution in [1.82, 2.24) is 15.0 Å². The first-order chi connectivity index (χ1) is 16.8. The zero-order valence-electron chi connectivity index (χ0n) is 18.8. The number of hydrogen-bond acceptors (Lipinski definition) is 9. The molecule has 0 saturated carbocycles. The Morgan fingerprint density at radius 1 is 1.40 bits per heavy atom. The molecule has 0 spiro atoms. The Morgan fingerprint density at radius 2 is 2.17 bits per heavy atom. The monoisotopic (exact) mass is 493 g/mol. The topological polar surface area (TPSA) is 149 Å². The second kappa shape index (κ2) is 8.59. The fourth-order valence-corrected chi connectivity index (χ4v) is 4.70. The van der Waals surface area contributed by atoms with Gasteiger partial charge >= 0.3 is 5.97 Å². The zero-order valence-corrected chi connectivity index (χ0v) is 19.7. The number of pyridine rings is 2. The third-order valence-corrected chi connectivity index (χ3v) is 6.93. The second-order valence-electron chi connectivity index (χ2n) is 8.50. The van der Waals surface area contributed by atoms with Crippen LogP contribution < -0.4 is 16.7 Å². The van der Waals surface area contributed by atoms with Gasteiger partial charge in [-0.25, -0.2) is 15.2 Å². The van der Waals surface area contributed by atoms with Crippen molar-refractivity contribution >= 4 is 41.6 Å². The Morgan fingerprint density at radius 3 is 2.91 bits per heavy atom. The number of esters is 1. The molecule has 0 aliphatic carbocycles. The third kappa shape index (κ3) is 3.54. The number of rotatable bonds is 5. The van der Waals surface area contributed by atoms with Crippen LogP contribution >= 0.6 is 12.6 Å². The number of aromatic nitrogens is 2. The molecule has 4 heterocycles. The molecule has 10 nitrogen and oxygen atoms in total. The van der Waals surface area contributed by atoms with Crippen molar-refractivity contribution in [3.05, 3.63) is 62.9 Å². The molecule has 1 amide bonds. The van der Waals surface area contributed by atoms with E-state index in [9.17, 15) is 19.5 Å². The summed E-state index contributed by atoms with van der Waals surface area (Å²) in [7, 11) is 0. The molecule has 35 heavy (non-hydrogen) atoms. The number of benzene rings is 1. The SMILES string of the molecule is CC[C@@]1(O)C(=O)OCc2c1cc1n(c2=O)Cc2c-1nc1ccccc1c2/C=N\NC(=O)C(N)CS. The van der Waals surface area contributed by atoms with Crippen LogP contribution in [0, 0.1) is 0 Å². The summed E-state index contributed by atoms with van der Waals surface area (Å²) in [5.41, 5.74) is 9.46. The summed E-state index contributed by atoms with van der Waals surface area (Å²) >= 11 is 4.02. The first-order valence-electron chi connectivity index (χ1n) is 11.1. The van der Waals surface area contributed by atoms with Gasteiger partial charge in [-0.2, -0.15) is 17.7 Å². The predicted molar refractivity (Wildman–Crippen MR) is 132 cm³/mol. The maximum absolute atomic E-state index is 13.4. The highest BCUT2D eigenvalue weighted by Crippen LogP contribution is 2.39. The van der Waals surface area contributed by atoms with Crippen LogP contribution in [0.5, 0.6) is 0 Å². The van der Waals surface area contributed by atoms with E-state index < -0.39 is 23.5 Å². The van der Waals surface area contributed by atoms with Crippen LogP contribution in [0.25, 0.3) is 22.3 Å². The highest BCUT2D eigenvalue weighted by molar-refractivity contribution is 7.80. The normalized spacial score (nSPS) is 19.3. The average molecular weight is 494 g/mol. The van der Waals surface area contributed by atoms with Crippen LogP contribution in [-0.2, 0) is 33.1 Å². The summed E-state index contributed by atoms with van der Waals surface area (Å²) in [6, 6.07) is 8.28. The van der Waals surface area contributed by atoms with E-state index in [0.717, 1.165) is 10.9 Å². The Labute approximate surface area is 205 Å². The fraction of sp³-hybridized carbons (Fsp3) is 0.292. The minimum atomic E-state index is -1.90. The summed E-state index contributed by atoms with van der Waals surface area (Å²) in [5, 5.41) is 15.9. The van der Waals surface area contributed by atoms with Gasteiger partial charge in [-0.1, -0.05) is 25.1 Å². The molecule has 180 valence electrons. The maximum atomic E-state index is 13.4. The van der Waals surface area contributed by atoms with Crippen LogP contribution in [-0.4, -0.2) is 44.5 Å². The maximum Gasteiger partial charge on any atom is 0.343 e. The van der Waals surface area contributed by atoms with Gasteiger partial charge in [0.1, 0.15) is 6.61 Å². The Hall–Kier alpha value is -3.54. The van der Waals surface area contributed by atoms with E-state index >= 15 is 0 Å². The fourth-order valence-electron chi connectivity index (χ4n) is 4.53. The lowest BCUT2D eigenvalue weighted by molar-refractivity contribution is -0.172. The lowest BCUT2D eigenvalue weighted by Gasteiger charge is -2.31. The predicted octanol–water partition coefficient (Wildman–Crippen LogP) is 0.787. The van der Waals surface area contributed by atoms with Crippen LogP contribution in [0.1, 0.15) is 35.6 Å². The summed E-state index contributed by atoms with van der Waals surface area (Å²) < 4.78 is 6.68. The molecule has 4 N–H and O–H groups in total. The van der Waals surface area contributed by atoms with Gasteiger partial charge < -0.3 is 20.1 Å². The Balaban J connectivity index is 1.69. The smallest absolute Gasteiger partial charge is 0.343 e. The van der Waals surface area contributed by atoms with E-state index in [4.69, 9.17) is 15.5 Å². The number of nitrogens with two attached hydrogens (primary N) is 1. The van der Waals surface area contributed by atoms with Crippen molar-refractivity contribution in [2.24, 2.45) is 10.8 Å². The molecule has 5 rings (SSSR count). The van der Waals surface area contributed by atoms with Gasteiger partial charge in [0, 0.05) is 27.8 Å². The molecule has 3 aromatic rings. The number of carbonyl (C=O) groups excluding carboxylic acids is 2. The highest BCUT2D eigenvalue weighted by atomic mass is 32.1. The molecule has 1 aromatic carbocycles. The van der Waals surface area contributed by atoms with Crippen molar-refractivity contribution < 1.29 is 19.4 Å². The molecule has 0 radical (unpaired) electrons. The van der Waals surface area contributed by atoms with Crippen molar-refractivity contribution in [2.75, 3.05) is 5.75 Å². The lowest BCUT2D eigenvalue weighted by Crippen LogP contribution is -2.44. The molecule has 2 aromatic heterocycles. The Bertz CT molecular complexity index is 1480. The third-order valence-electron chi connectivity index (χ3n) is 6.54. The summed E-state index contributed by atoms with van der Waals surface area (Å²) in [5.74, 6) is -1.07. The number of hydrazone groups is 1. The van der Waals surface area contributed by atoms with E-state index in [0.29, 0.717) is 22.5 Å². The average Bonchev–Trinajstić information content (AvgIpc) is 3.24. The largest absolute Gasteiger partial charge is 0.458 e. The van der Waals surface area contributed by atoms with Crippen LogP contribution in [0.15, 0.2) is 40.2 Å². The molecule has 0 bridgehead atoms. The number of ether oxygens (including phenoxy) is 1. The molecule has 0 saturated heterocycles. The number of aliphatic hydroxyl groups is 1. The van der Waals surface area contributed by atoms with Gasteiger partial charge in [0.2, 0.25) is 0 Å². The van der Waals surface area contributed by atoms with E-state index in [1.54, 1.807) is 17.6 Å². The number of cyclic esters (lactones) is 1. The number of nitrogens with zero attached hydrogens (tertiary/aromatic N) is 3. The number of hydrogen-bond donors (Lipinski definition) is 4. The number of carbonyl (C=O) groups is 2. The van der Waals surface area contributed by atoms with Gasteiger partial charge in [0.05, 0.1) is 41.3 Å². The summed E-state index contributed by atoms with van der Waals surface area (Å²) in [6.45, 7) is 1.66. The molecule has 2 atom stereocenters. The number of amides is 1. The van der Waals surface area contributed by atoms with Gasteiger partial charge in [-0.05, 0) is 18.6 Å². The first-order valence-corrected chi connectivity index (χ1v) is 11.7. The van der Waals surface area contributed by atoms with Gasteiger partial charge in [-0.15, -0.1) is 0 Å². The second-order valence-corrected chi connectivity index (χ2v) is 8.86. The molecule has 1 unspecified atom stereocenters.